The Bertz CT molecular complexity index is 279. The zero-order chi connectivity index (χ0) is 11.5. The van der Waals surface area contributed by atoms with E-state index in [1.54, 1.807) is 0 Å². The first-order chi connectivity index (χ1) is 7.45. The number of allylic oxidation sites excluding steroid dienone is 10. The minimum absolute atomic E-state index is 1.07. The van der Waals surface area contributed by atoms with Gasteiger partial charge < -0.3 is 0 Å². The Morgan fingerprint density at radius 3 is 1.60 bits per heavy atom. The lowest BCUT2D eigenvalue weighted by molar-refractivity contribution is 1.23. The molecule has 80 valence electrons. The average molecular weight is 200 g/mol. The van der Waals surface area contributed by atoms with Crippen molar-refractivity contribution in [3.05, 3.63) is 72.9 Å². The van der Waals surface area contributed by atoms with E-state index in [-0.39, 0.29) is 0 Å². The molecule has 0 heteroatoms. The maximum Gasteiger partial charge on any atom is -0.00258 e. The van der Waals surface area contributed by atoms with E-state index in [4.69, 9.17) is 0 Å². The highest BCUT2D eigenvalue weighted by Gasteiger charge is 1.99. The van der Waals surface area contributed by atoms with Gasteiger partial charge in [-0.2, -0.15) is 0 Å². The molecule has 0 fully saturated rings. The minimum Gasteiger partial charge on any atom is -0.106 e. The summed E-state index contributed by atoms with van der Waals surface area (Å²) in [5.74, 6) is 0. The zero-order valence-corrected chi connectivity index (χ0v) is 9.74. The van der Waals surface area contributed by atoms with E-state index in [1.165, 1.54) is 11.1 Å². The second kappa shape index (κ2) is 9.01. The topological polar surface area (TPSA) is 0 Å². The molecule has 0 N–H and O–H groups in total. The fourth-order valence-corrected chi connectivity index (χ4v) is 1.30. The van der Waals surface area contributed by atoms with Crippen molar-refractivity contribution in [1.82, 2.24) is 0 Å². The molecule has 0 atom stereocenters. The minimum atomic E-state index is 1.07. The monoisotopic (exact) mass is 200 g/mol. The molecule has 0 saturated carbocycles. The Labute approximate surface area is 93.7 Å². The SMILES string of the molecule is C1=CC=C2C=CC=CC(=C1)C2.C=C.CC. The van der Waals surface area contributed by atoms with Gasteiger partial charge in [0.1, 0.15) is 0 Å². The van der Waals surface area contributed by atoms with Crippen molar-refractivity contribution in [3.63, 3.8) is 0 Å². The van der Waals surface area contributed by atoms with Crippen LogP contribution in [0.1, 0.15) is 20.3 Å². The summed E-state index contributed by atoms with van der Waals surface area (Å²) in [6.07, 6.45) is 18.1. The molecular formula is C15H20. The maximum absolute atomic E-state index is 3.00. The highest BCUT2D eigenvalue weighted by molar-refractivity contribution is 5.42. The normalized spacial score (nSPS) is 15.6. The van der Waals surface area contributed by atoms with Crippen LogP contribution >= 0.6 is 0 Å². The second-order valence-electron chi connectivity index (χ2n) is 2.76. The zero-order valence-electron chi connectivity index (χ0n) is 9.74. The molecule has 2 rings (SSSR count). The maximum atomic E-state index is 3.00. The van der Waals surface area contributed by atoms with Gasteiger partial charge in [0.25, 0.3) is 0 Å². The lowest BCUT2D eigenvalue weighted by atomic mass is 10.1. The van der Waals surface area contributed by atoms with Crippen LogP contribution in [0.2, 0.25) is 0 Å². The lowest BCUT2D eigenvalue weighted by Crippen LogP contribution is -1.78. The molecule has 0 saturated heterocycles. The van der Waals surface area contributed by atoms with Gasteiger partial charge in [-0.15, -0.1) is 13.2 Å². The predicted octanol–water partition coefficient (Wildman–Crippen LogP) is 4.75. The lowest BCUT2D eigenvalue weighted by Gasteiger charge is -1.97. The van der Waals surface area contributed by atoms with Gasteiger partial charge in [-0.25, -0.2) is 0 Å². The van der Waals surface area contributed by atoms with Crippen LogP contribution in [0.5, 0.6) is 0 Å². The number of hydrogen-bond acceptors (Lipinski definition) is 0. The van der Waals surface area contributed by atoms with Crippen molar-refractivity contribution in [1.29, 1.82) is 0 Å². The van der Waals surface area contributed by atoms with E-state index in [1.807, 2.05) is 13.8 Å². The number of hydrogen-bond donors (Lipinski definition) is 0. The first-order valence-electron chi connectivity index (χ1n) is 5.36. The van der Waals surface area contributed by atoms with E-state index < -0.39 is 0 Å². The smallest absolute Gasteiger partial charge is 0.00258 e. The van der Waals surface area contributed by atoms with Crippen LogP contribution in [-0.4, -0.2) is 0 Å². The van der Waals surface area contributed by atoms with Gasteiger partial charge in [-0.05, 0) is 17.6 Å². The molecule has 15 heavy (non-hydrogen) atoms. The molecule has 0 aromatic heterocycles. The van der Waals surface area contributed by atoms with E-state index in [9.17, 15) is 0 Å². The first kappa shape index (κ1) is 13.4. The molecular weight excluding hydrogens is 180 g/mol. The summed E-state index contributed by atoms with van der Waals surface area (Å²) in [5, 5.41) is 0. The number of rotatable bonds is 0. The van der Waals surface area contributed by atoms with Crippen molar-refractivity contribution >= 4 is 0 Å². The Morgan fingerprint density at radius 1 is 0.800 bits per heavy atom. The third-order valence-electron chi connectivity index (χ3n) is 1.87. The Kier molecular flexibility index (Phi) is 8.08. The Morgan fingerprint density at radius 2 is 1.20 bits per heavy atom. The first-order valence-corrected chi connectivity index (χ1v) is 5.36. The number of fused-ring (bicyclic) bond motifs is 2. The molecule has 0 radical (unpaired) electrons. The Balaban J connectivity index is 0.000000442. The van der Waals surface area contributed by atoms with Crippen molar-refractivity contribution in [2.45, 2.75) is 20.3 Å². The second-order valence-corrected chi connectivity index (χ2v) is 2.76. The molecule has 0 heterocycles. The third kappa shape index (κ3) is 5.02. The fraction of sp³-hybridized carbons (Fsp3) is 0.200. The summed E-state index contributed by atoms with van der Waals surface area (Å²) in [6, 6.07) is 0. The molecule has 2 bridgehead atoms. The van der Waals surface area contributed by atoms with Crippen LogP contribution in [0, 0.1) is 0 Å². The van der Waals surface area contributed by atoms with Crippen molar-refractivity contribution in [2.75, 3.05) is 0 Å². The van der Waals surface area contributed by atoms with Crippen molar-refractivity contribution in [2.24, 2.45) is 0 Å². The predicted molar refractivity (Wildman–Crippen MR) is 70.8 cm³/mol. The quantitative estimate of drug-likeness (QED) is 0.495. The van der Waals surface area contributed by atoms with Crippen LogP contribution in [0.15, 0.2) is 72.9 Å². The molecule has 0 unspecified atom stereocenters. The molecule has 2 aliphatic rings. The Hall–Kier alpha value is -1.56. The van der Waals surface area contributed by atoms with Gasteiger partial charge in [0.05, 0.1) is 0 Å². The summed E-state index contributed by atoms with van der Waals surface area (Å²) in [5.41, 5.74) is 2.77. The summed E-state index contributed by atoms with van der Waals surface area (Å²) in [4.78, 5) is 0. The van der Waals surface area contributed by atoms with Gasteiger partial charge in [0.15, 0.2) is 0 Å². The molecule has 0 aromatic rings. The van der Waals surface area contributed by atoms with Crippen LogP contribution in [0.25, 0.3) is 0 Å². The third-order valence-corrected chi connectivity index (χ3v) is 1.87. The molecule has 0 aliphatic heterocycles. The molecule has 2 aliphatic carbocycles. The van der Waals surface area contributed by atoms with Gasteiger partial charge in [-0.1, -0.05) is 62.5 Å². The van der Waals surface area contributed by atoms with Crippen LogP contribution < -0.4 is 0 Å². The molecule has 0 nitrogen and oxygen atoms in total. The summed E-state index contributed by atoms with van der Waals surface area (Å²) >= 11 is 0. The van der Waals surface area contributed by atoms with Gasteiger partial charge >= 0.3 is 0 Å². The van der Waals surface area contributed by atoms with Crippen molar-refractivity contribution < 1.29 is 0 Å². The van der Waals surface area contributed by atoms with Crippen LogP contribution in [-0.2, 0) is 0 Å². The molecule has 0 spiro atoms. The van der Waals surface area contributed by atoms with E-state index in [0.717, 1.165) is 6.42 Å². The van der Waals surface area contributed by atoms with Crippen LogP contribution in [0.3, 0.4) is 0 Å². The van der Waals surface area contributed by atoms with Gasteiger partial charge in [0.2, 0.25) is 0 Å². The van der Waals surface area contributed by atoms with Crippen molar-refractivity contribution in [3.8, 4) is 0 Å². The molecule has 0 aromatic carbocycles. The summed E-state index contributed by atoms with van der Waals surface area (Å²) < 4.78 is 0. The van der Waals surface area contributed by atoms with Gasteiger partial charge in [-0.3, -0.25) is 0 Å². The standard InChI is InChI=1S/C11H10.C2H6.C2H4/c1-2-6-11-8-4-3-7-10(5-1)9-11;2*1-2/h1-8H,9H2;1-2H3;1-2H2. The largest absolute Gasteiger partial charge is 0.106 e. The van der Waals surface area contributed by atoms with E-state index >= 15 is 0 Å². The summed E-state index contributed by atoms with van der Waals surface area (Å²) in [6.45, 7) is 10.0. The molecule has 0 amide bonds. The average Bonchev–Trinajstić information content (AvgIpc) is 2.69. The van der Waals surface area contributed by atoms with Gasteiger partial charge in [0, 0.05) is 0 Å². The summed E-state index contributed by atoms with van der Waals surface area (Å²) in [7, 11) is 0. The van der Waals surface area contributed by atoms with E-state index in [0.29, 0.717) is 0 Å². The fourth-order valence-electron chi connectivity index (χ4n) is 1.30. The highest BCUT2D eigenvalue weighted by Crippen LogP contribution is 2.19. The van der Waals surface area contributed by atoms with E-state index in [2.05, 4.69) is 61.8 Å². The van der Waals surface area contributed by atoms with Crippen LogP contribution in [0.4, 0.5) is 0 Å². The highest BCUT2D eigenvalue weighted by atomic mass is 14.0.